The van der Waals surface area contributed by atoms with Gasteiger partial charge in [0.2, 0.25) is 5.88 Å². The molecule has 2 atom stereocenters. The smallest absolute Gasteiger partial charge is 0.223 e. The fourth-order valence-corrected chi connectivity index (χ4v) is 2.90. The second-order valence-corrected chi connectivity index (χ2v) is 4.67. The summed E-state index contributed by atoms with van der Waals surface area (Å²) in [5.74, 6) is 1.41. The summed E-state index contributed by atoms with van der Waals surface area (Å²) in [5.41, 5.74) is 6.59. The van der Waals surface area contributed by atoms with Crippen molar-refractivity contribution in [3.63, 3.8) is 0 Å². The summed E-state index contributed by atoms with van der Waals surface area (Å²) in [6.45, 7) is 4.30. The molecule has 0 amide bonds. The van der Waals surface area contributed by atoms with Gasteiger partial charge in [0, 0.05) is 13.5 Å². The van der Waals surface area contributed by atoms with Gasteiger partial charge >= 0.3 is 0 Å². The van der Waals surface area contributed by atoms with Crippen molar-refractivity contribution in [3.05, 3.63) is 23.0 Å². The molecule has 2 aliphatic heterocycles. The number of nitrogens with one attached hydrogen (secondary N) is 1. The molecule has 0 unspecified atom stereocenters. The van der Waals surface area contributed by atoms with Crippen molar-refractivity contribution < 1.29 is 9.15 Å². The van der Waals surface area contributed by atoms with Crippen LogP contribution in [0.1, 0.15) is 24.9 Å². The van der Waals surface area contributed by atoms with Gasteiger partial charge in [0.1, 0.15) is 11.5 Å². The summed E-state index contributed by atoms with van der Waals surface area (Å²) in [5, 5.41) is 12.3. The van der Waals surface area contributed by atoms with Crippen LogP contribution in [0.2, 0.25) is 0 Å². The monoisotopic (exact) mass is 246 g/mol. The topological polar surface area (TPSA) is 97.1 Å². The maximum Gasteiger partial charge on any atom is 0.223 e. The number of ether oxygens (including phenoxy) is 1. The van der Waals surface area contributed by atoms with Crippen LogP contribution in [-0.2, 0) is 10.2 Å². The zero-order valence-electron chi connectivity index (χ0n) is 10.3. The molecule has 2 aliphatic rings. The van der Waals surface area contributed by atoms with E-state index in [9.17, 15) is 5.26 Å². The van der Waals surface area contributed by atoms with Crippen molar-refractivity contribution in [2.24, 2.45) is 5.73 Å². The molecule has 0 aliphatic carbocycles. The molecule has 94 valence electrons. The summed E-state index contributed by atoms with van der Waals surface area (Å²) in [4.78, 5) is 4.42. The predicted molar refractivity (Wildman–Crippen MR) is 63.4 cm³/mol. The summed E-state index contributed by atoms with van der Waals surface area (Å²) in [6, 6.07) is 2.20. The molecule has 3 N–H and O–H groups in total. The summed E-state index contributed by atoms with van der Waals surface area (Å²) >= 11 is 0. The van der Waals surface area contributed by atoms with Gasteiger partial charge in [-0.15, -0.1) is 0 Å². The molecule has 1 fully saturated rings. The third-order valence-corrected chi connectivity index (χ3v) is 3.79. The molecule has 0 saturated carbocycles. The van der Waals surface area contributed by atoms with Crippen molar-refractivity contribution in [1.29, 1.82) is 5.26 Å². The molecule has 1 spiro atoms. The summed E-state index contributed by atoms with van der Waals surface area (Å²) in [7, 11) is 0. The Balaban J connectivity index is 2.28. The summed E-state index contributed by atoms with van der Waals surface area (Å²) < 4.78 is 11.1. The number of aryl methyl sites for hydroxylation is 1. The molecule has 0 aromatic carbocycles. The van der Waals surface area contributed by atoms with Crippen LogP contribution in [-0.4, -0.2) is 17.7 Å². The number of aromatic nitrogens is 1. The van der Waals surface area contributed by atoms with Crippen molar-refractivity contribution >= 4 is 5.88 Å². The Morgan fingerprint density at radius 3 is 3.00 bits per heavy atom. The first kappa shape index (κ1) is 11.1. The van der Waals surface area contributed by atoms with E-state index in [1.807, 2.05) is 6.92 Å². The SMILES string of the molecule is Cc1nc2c(o1)NC(N)=C(C#N)[C@@]21CCO[C@@H]1C. The van der Waals surface area contributed by atoms with Crippen molar-refractivity contribution in [3.8, 4) is 6.07 Å². The minimum atomic E-state index is -0.572. The van der Waals surface area contributed by atoms with Crippen LogP contribution in [0.4, 0.5) is 5.88 Å². The van der Waals surface area contributed by atoms with Gasteiger partial charge in [-0.2, -0.15) is 5.26 Å². The van der Waals surface area contributed by atoms with E-state index in [1.54, 1.807) is 6.92 Å². The predicted octanol–water partition coefficient (Wildman–Crippen LogP) is 1.15. The fourth-order valence-electron chi connectivity index (χ4n) is 2.90. The minimum absolute atomic E-state index is 0.143. The van der Waals surface area contributed by atoms with Gasteiger partial charge in [0.15, 0.2) is 5.89 Å². The van der Waals surface area contributed by atoms with Crippen molar-refractivity contribution in [2.75, 3.05) is 11.9 Å². The Morgan fingerprint density at radius 2 is 2.39 bits per heavy atom. The lowest BCUT2D eigenvalue weighted by molar-refractivity contribution is 0.102. The van der Waals surface area contributed by atoms with Gasteiger partial charge in [-0.1, -0.05) is 0 Å². The normalized spacial score (nSPS) is 30.2. The van der Waals surface area contributed by atoms with Crippen LogP contribution in [0.5, 0.6) is 0 Å². The second-order valence-electron chi connectivity index (χ2n) is 4.67. The Bertz CT molecular complexity index is 583. The number of hydrogen-bond acceptors (Lipinski definition) is 6. The lowest BCUT2D eigenvalue weighted by Crippen LogP contribution is -2.41. The van der Waals surface area contributed by atoms with E-state index in [0.717, 1.165) is 5.69 Å². The molecule has 1 aromatic heterocycles. The highest BCUT2D eigenvalue weighted by Gasteiger charge is 2.53. The molecule has 1 aromatic rings. The summed E-state index contributed by atoms with van der Waals surface area (Å²) in [6.07, 6.45) is 0.550. The highest BCUT2D eigenvalue weighted by molar-refractivity contribution is 5.62. The first-order chi connectivity index (χ1) is 8.59. The molecular formula is C12H14N4O2. The van der Waals surface area contributed by atoms with Gasteiger partial charge in [-0.25, -0.2) is 4.98 Å². The van der Waals surface area contributed by atoms with Crippen LogP contribution in [0.25, 0.3) is 0 Å². The maximum absolute atomic E-state index is 9.40. The Hall–Kier alpha value is -2.00. The molecule has 6 heteroatoms. The Morgan fingerprint density at radius 1 is 1.61 bits per heavy atom. The molecular weight excluding hydrogens is 232 g/mol. The number of anilines is 1. The van der Waals surface area contributed by atoms with Crippen LogP contribution in [0, 0.1) is 18.3 Å². The number of hydrogen-bond donors (Lipinski definition) is 2. The maximum atomic E-state index is 9.40. The highest BCUT2D eigenvalue weighted by atomic mass is 16.5. The van der Waals surface area contributed by atoms with E-state index in [2.05, 4.69) is 16.4 Å². The third-order valence-electron chi connectivity index (χ3n) is 3.79. The van der Waals surface area contributed by atoms with E-state index < -0.39 is 5.41 Å². The van der Waals surface area contributed by atoms with Gasteiger partial charge in [0.05, 0.1) is 23.2 Å². The first-order valence-electron chi connectivity index (χ1n) is 5.86. The molecule has 0 bridgehead atoms. The zero-order valence-corrected chi connectivity index (χ0v) is 10.3. The van der Waals surface area contributed by atoms with Gasteiger partial charge in [-0.05, 0) is 13.3 Å². The number of oxazole rings is 1. The lowest BCUT2D eigenvalue weighted by Gasteiger charge is -2.34. The van der Waals surface area contributed by atoms with Crippen LogP contribution in [0.15, 0.2) is 15.8 Å². The van der Waals surface area contributed by atoms with Crippen molar-refractivity contribution in [2.45, 2.75) is 31.8 Å². The highest BCUT2D eigenvalue weighted by Crippen LogP contribution is 2.49. The van der Waals surface area contributed by atoms with Gasteiger partial charge in [0.25, 0.3) is 0 Å². The van der Waals surface area contributed by atoms with E-state index >= 15 is 0 Å². The second kappa shape index (κ2) is 3.50. The van der Waals surface area contributed by atoms with Crippen LogP contribution >= 0.6 is 0 Å². The number of fused-ring (bicyclic) bond motifs is 2. The Labute approximate surface area is 104 Å². The lowest BCUT2D eigenvalue weighted by atomic mass is 9.71. The average molecular weight is 246 g/mol. The quantitative estimate of drug-likeness (QED) is 0.712. The number of nitrogens with zero attached hydrogens (tertiary/aromatic N) is 2. The largest absolute Gasteiger partial charge is 0.425 e. The zero-order chi connectivity index (χ0) is 12.9. The number of nitriles is 1. The van der Waals surface area contributed by atoms with E-state index in [0.29, 0.717) is 36.2 Å². The van der Waals surface area contributed by atoms with Crippen LogP contribution in [0.3, 0.4) is 0 Å². The van der Waals surface area contributed by atoms with Gasteiger partial charge in [-0.3, -0.25) is 0 Å². The van der Waals surface area contributed by atoms with Crippen LogP contribution < -0.4 is 11.1 Å². The number of rotatable bonds is 0. The van der Waals surface area contributed by atoms with E-state index in [-0.39, 0.29) is 6.10 Å². The minimum Gasteiger partial charge on any atom is -0.425 e. The molecule has 1 saturated heterocycles. The Kier molecular flexibility index (Phi) is 2.16. The van der Waals surface area contributed by atoms with Gasteiger partial charge < -0.3 is 20.2 Å². The standard InChI is InChI=1S/C12H14N4O2/c1-6-12(3-4-17-6)8(5-13)10(14)16-11-9(12)15-7(2)18-11/h6,16H,3-4,14H2,1-2H3/t6-,12+/m1/s1. The van der Waals surface area contributed by atoms with E-state index in [4.69, 9.17) is 14.9 Å². The fraction of sp³-hybridized carbons (Fsp3) is 0.500. The average Bonchev–Trinajstić information content (AvgIpc) is 2.85. The van der Waals surface area contributed by atoms with Crippen molar-refractivity contribution in [1.82, 2.24) is 4.98 Å². The first-order valence-corrected chi connectivity index (χ1v) is 5.86. The molecule has 18 heavy (non-hydrogen) atoms. The molecule has 3 heterocycles. The number of nitrogens with two attached hydrogens (primary N) is 1. The molecule has 0 radical (unpaired) electrons. The third kappa shape index (κ3) is 1.17. The molecule has 6 nitrogen and oxygen atoms in total. The molecule has 3 rings (SSSR count). The van der Waals surface area contributed by atoms with E-state index in [1.165, 1.54) is 0 Å².